The van der Waals surface area contributed by atoms with E-state index in [1.165, 1.54) is 34.2 Å². The first-order chi connectivity index (χ1) is 16.9. The minimum absolute atomic E-state index is 0.236. The molecule has 35 heavy (non-hydrogen) atoms. The van der Waals surface area contributed by atoms with Gasteiger partial charge in [-0.25, -0.2) is 19.3 Å². The predicted octanol–water partition coefficient (Wildman–Crippen LogP) is 2.29. The molecule has 1 amide bonds. The molecule has 5 rings (SSSR count). The fourth-order valence-corrected chi connectivity index (χ4v) is 4.93. The topological polar surface area (TPSA) is 104 Å². The summed E-state index contributed by atoms with van der Waals surface area (Å²) in [6.07, 6.45) is 1.47. The van der Waals surface area contributed by atoms with Crippen LogP contribution in [-0.4, -0.2) is 36.7 Å². The molecular weight excluding hydrogens is 468 g/mol. The molecule has 0 aliphatic rings. The Balaban J connectivity index is 1.58. The van der Waals surface area contributed by atoms with E-state index >= 15 is 0 Å². The Labute approximate surface area is 203 Å². The molecule has 0 saturated heterocycles. The number of amides is 1. The first-order valence-corrected chi connectivity index (χ1v) is 11.6. The number of anilines is 1. The van der Waals surface area contributed by atoms with Crippen LogP contribution in [-0.2, 0) is 32.0 Å². The summed E-state index contributed by atoms with van der Waals surface area (Å²) in [5, 5.41) is 0.466. The van der Waals surface area contributed by atoms with Gasteiger partial charge in [0.2, 0.25) is 5.91 Å². The highest BCUT2D eigenvalue weighted by molar-refractivity contribution is 7.22. The molecule has 5 aromatic rings. The van der Waals surface area contributed by atoms with Crippen molar-refractivity contribution in [1.29, 1.82) is 0 Å². The largest absolute Gasteiger partial charge is 0.497 e. The summed E-state index contributed by atoms with van der Waals surface area (Å²) in [4.78, 5) is 50.0. The lowest BCUT2D eigenvalue weighted by Gasteiger charge is -2.20. The maximum atomic E-state index is 13.6. The molecule has 10 nitrogen and oxygen atoms in total. The zero-order valence-electron chi connectivity index (χ0n) is 19.3. The number of methoxy groups -OCH3 is 1. The fraction of sp³-hybridized carbons (Fsp3) is 0.208. The molecule has 0 radical (unpaired) electrons. The smallest absolute Gasteiger partial charge is 0.332 e. The lowest BCUT2D eigenvalue weighted by atomic mass is 10.2. The molecule has 0 aliphatic heterocycles. The Bertz CT molecular complexity index is 1680. The van der Waals surface area contributed by atoms with E-state index < -0.39 is 23.7 Å². The van der Waals surface area contributed by atoms with Crippen LogP contribution < -0.4 is 20.9 Å². The average Bonchev–Trinajstić information content (AvgIpc) is 3.47. The number of nitrogens with zero attached hydrogens (tertiary/aromatic N) is 6. The molecule has 2 aromatic carbocycles. The summed E-state index contributed by atoms with van der Waals surface area (Å²) >= 11 is 1.34. The van der Waals surface area contributed by atoms with E-state index in [1.54, 1.807) is 18.7 Å². The first kappa shape index (κ1) is 22.5. The van der Waals surface area contributed by atoms with E-state index in [0.717, 1.165) is 20.3 Å². The third-order valence-electron chi connectivity index (χ3n) is 5.79. The van der Waals surface area contributed by atoms with Gasteiger partial charge >= 0.3 is 5.69 Å². The van der Waals surface area contributed by atoms with Gasteiger partial charge in [0.05, 0.1) is 30.2 Å². The van der Waals surface area contributed by atoms with Crippen LogP contribution >= 0.6 is 11.3 Å². The van der Waals surface area contributed by atoms with Crippen LogP contribution in [0.5, 0.6) is 5.75 Å². The van der Waals surface area contributed by atoms with Crippen molar-refractivity contribution < 1.29 is 9.53 Å². The number of ether oxygens (including phenoxy) is 1. The molecule has 0 unspecified atom stereocenters. The maximum Gasteiger partial charge on any atom is 0.332 e. The van der Waals surface area contributed by atoms with Crippen molar-refractivity contribution in [2.45, 2.75) is 13.1 Å². The standard InChI is InChI=1S/C24H22N6O4S/c1-27-14-25-21-20(27)22(32)30(24(33)28(21)2)13-19(31)29(12-15-7-5-4-6-8-15)23-26-17-10-9-16(34-3)11-18(17)35-23/h4-11,14H,12-13H2,1-3H3. The minimum atomic E-state index is -0.608. The quantitative estimate of drug-likeness (QED) is 0.362. The van der Waals surface area contributed by atoms with E-state index in [-0.39, 0.29) is 17.7 Å². The number of benzene rings is 2. The molecule has 3 heterocycles. The number of imidazole rings is 1. The fourth-order valence-electron chi connectivity index (χ4n) is 3.92. The number of fused-ring (bicyclic) bond motifs is 2. The number of hydrogen-bond acceptors (Lipinski definition) is 7. The van der Waals surface area contributed by atoms with E-state index in [2.05, 4.69) is 9.97 Å². The second-order valence-corrected chi connectivity index (χ2v) is 9.07. The monoisotopic (exact) mass is 490 g/mol. The number of aromatic nitrogens is 5. The van der Waals surface area contributed by atoms with Crippen LogP contribution in [0.4, 0.5) is 5.13 Å². The Morgan fingerprint density at radius 1 is 1.11 bits per heavy atom. The molecule has 0 aliphatic carbocycles. The molecular formula is C24H22N6O4S. The van der Waals surface area contributed by atoms with Crippen LogP contribution in [0.3, 0.4) is 0 Å². The maximum absolute atomic E-state index is 13.6. The van der Waals surface area contributed by atoms with Crippen LogP contribution in [0.25, 0.3) is 21.4 Å². The molecule has 0 spiro atoms. The summed E-state index contributed by atoms with van der Waals surface area (Å²) in [5.74, 6) is 0.258. The average molecular weight is 491 g/mol. The number of thiazole rings is 1. The molecule has 0 fully saturated rings. The predicted molar refractivity (Wildman–Crippen MR) is 134 cm³/mol. The van der Waals surface area contributed by atoms with Crippen molar-refractivity contribution in [3.05, 3.63) is 81.3 Å². The van der Waals surface area contributed by atoms with Gasteiger partial charge in [0, 0.05) is 14.1 Å². The van der Waals surface area contributed by atoms with Crippen molar-refractivity contribution in [2.75, 3.05) is 12.0 Å². The van der Waals surface area contributed by atoms with Gasteiger partial charge in [-0.3, -0.25) is 19.1 Å². The zero-order valence-corrected chi connectivity index (χ0v) is 20.2. The Morgan fingerprint density at radius 2 is 1.89 bits per heavy atom. The van der Waals surface area contributed by atoms with Gasteiger partial charge in [0.15, 0.2) is 16.3 Å². The van der Waals surface area contributed by atoms with Crippen molar-refractivity contribution in [2.24, 2.45) is 14.1 Å². The van der Waals surface area contributed by atoms with E-state index in [1.807, 2.05) is 48.5 Å². The highest BCUT2D eigenvalue weighted by Gasteiger charge is 2.24. The van der Waals surface area contributed by atoms with Crippen LogP contribution in [0, 0.1) is 0 Å². The molecule has 0 atom stereocenters. The van der Waals surface area contributed by atoms with Gasteiger partial charge in [-0.1, -0.05) is 41.7 Å². The lowest BCUT2D eigenvalue weighted by molar-refractivity contribution is -0.119. The zero-order chi connectivity index (χ0) is 24.7. The highest BCUT2D eigenvalue weighted by atomic mass is 32.1. The van der Waals surface area contributed by atoms with Gasteiger partial charge in [-0.2, -0.15) is 0 Å². The molecule has 178 valence electrons. The number of carbonyl (C=O) groups is 1. The summed E-state index contributed by atoms with van der Waals surface area (Å²) in [6, 6.07) is 15.0. The van der Waals surface area contributed by atoms with Crippen LogP contribution in [0.2, 0.25) is 0 Å². The Kier molecular flexibility index (Phi) is 5.69. The Morgan fingerprint density at radius 3 is 2.63 bits per heavy atom. The molecule has 11 heteroatoms. The van der Waals surface area contributed by atoms with E-state index in [0.29, 0.717) is 10.9 Å². The number of hydrogen-bond donors (Lipinski definition) is 0. The van der Waals surface area contributed by atoms with Gasteiger partial charge in [-0.15, -0.1) is 0 Å². The van der Waals surface area contributed by atoms with Crippen LogP contribution in [0.15, 0.2) is 64.4 Å². The van der Waals surface area contributed by atoms with E-state index in [9.17, 15) is 14.4 Å². The SMILES string of the molecule is COc1ccc2nc(N(Cc3ccccc3)C(=O)Cn3c(=O)c4c(ncn4C)n(C)c3=O)sc2c1. The second kappa shape index (κ2) is 8.84. The summed E-state index contributed by atoms with van der Waals surface area (Å²) in [6.45, 7) is -0.196. The third kappa shape index (κ3) is 3.99. The molecule has 3 aromatic heterocycles. The first-order valence-electron chi connectivity index (χ1n) is 10.8. The summed E-state index contributed by atoms with van der Waals surface area (Å²) in [5.41, 5.74) is 0.962. The molecule has 0 N–H and O–H groups in total. The van der Waals surface area contributed by atoms with Crippen molar-refractivity contribution >= 4 is 43.8 Å². The molecule has 0 bridgehead atoms. The van der Waals surface area contributed by atoms with E-state index in [4.69, 9.17) is 4.74 Å². The number of rotatable bonds is 6. The lowest BCUT2D eigenvalue weighted by Crippen LogP contribution is -2.44. The van der Waals surface area contributed by atoms with Gasteiger partial charge in [0.1, 0.15) is 12.3 Å². The van der Waals surface area contributed by atoms with Gasteiger partial charge in [0.25, 0.3) is 5.56 Å². The van der Waals surface area contributed by atoms with Crippen molar-refractivity contribution in [1.82, 2.24) is 23.7 Å². The van der Waals surface area contributed by atoms with Crippen LogP contribution in [0.1, 0.15) is 5.56 Å². The molecule has 0 saturated carbocycles. The highest BCUT2D eigenvalue weighted by Crippen LogP contribution is 2.32. The van der Waals surface area contributed by atoms with Gasteiger partial charge < -0.3 is 9.30 Å². The number of carbonyl (C=O) groups excluding carboxylic acids is 1. The third-order valence-corrected chi connectivity index (χ3v) is 6.84. The number of aryl methyl sites for hydroxylation is 2. The van der Waals surface area contributed by atoms with Crippen molar-refractivity contribution in [3.63, 3.8) is 0 Å². The summed E-state index contributed by atoms with van der Waals surface area (Å²) < 4.78 is 9.92. The summed E-state index contributed by atoms with van der Waals surface area (Å²) in [7, 11) is 4.79. The second-order valence-electron chi connectivity index (χ2n) is 8.06. The normalized spacial score (nSPS) is 11.3. The minimum Gasteiger partial charge on any atom is -0.497 e. The Hall–Kier alpha value is -4.25. The van der Waals surface area contributed by atoms with Gasteiger partial charge in [-0.05, 0) is 23.8 Å². The van der Waals surface area contributed by atoms with Crippen molar-refractivity contribution in [3.8, 4) is 5.75 Å².